The highest BCUT2D eigenvalue weighted by atomic mass is 16.5. The van der Waals surface area contributed by atoms with Crippen molar-refractivity contribution in [3.63, 3.8) is 0 Å². The number of rotatable bonds is 4. The van der Waals surface area contributed by atoms with Crippen LogP contribution in [0, 0.1) is 0 Å². The van der Waals surface area contributed by atoms with Gasteiger partial charge in [0.1, 0.15) is 5.75 Å². The van der Waals surface area contributed by atoms with E-state index in [2.05, 4.69) is 4.74 Å². The van der Waals surface area contributed by atoms with Crippen molar-refractivity contribution in [3.8, 4) is 5.75 Å². The fourth-order valence-electron chi connectivity index (χ4n) is 1.43. The van der Waals surface area contributed by atoms with Crippen LogP contribution < -0.4 is 10.5 Å². The second-order valence-electron chi connectivity index (χ2n) is 3.88. The summed E-state index contributed by atoms with van der Waals surface area (Å²) in [6.07, 6.45) is 2.04. The lowest BCUT2D eigenvalue weighted by Crippen LogP contribution is -2.14. The number of esters is 1. The number of hydrogen-bond acceptors (Lipinski definition) is 4. The molecule has 1 aliphatic carbocycles. The number of carbonyl (C=O) groups is 2. The topological polar surface area (TPSA) is 78.6 Å². The van der Waals surface area contributed by atoms with Gasteiger partial charge in [0.15, 0.2) is 0 Å². The molecule has 5 nitrogen and oxygen atoms in total. The van der Waals surface area contributed by atoms with Gasteiger partial charge >= 0.3 is 5.97 Å². The van der Waals surface area contributed by atoms with Crippen LogP contribution in [0.4, 0.5) is 0 Å². The summed E-state index contributed by atoms with van der Waals surface area (Å²) in [6.45, 7) is 0. The molecular formula is C12H13NO4. The lowest BCUT2D eigenvalue weighted by molar-refractivity contribution is 0.0599. The Kier molecular flexibility index (Phi) is 2.99. The van der Waals surface area contributed by atoms with E-state index in [1.54, 1.807) is 0 Å². The molecule has 0 spiro atoms. The molecule has 1 fully saturated rings. The molecule has 0 unspecified atom stereocenters. The number of amides is 1. The van der Waals surface area contributed by atoms with Crippen LogP contribution in [0.2, 0.25) is 0 Å². The summed E-state index contributed by atoms with van der Waals surface area (Å²) in [4.78, 5) is 22.6. The summed E-state index contributed by atoms with van der Waals surface area (Å²) in [5.41, 5.74) is 5.86. The summed E-state index contributed by atoms with van der Waals surface area (Å²) in [5.74, 6) is -0.693. The van der Waals surface area contributed by atoms with Crippen molar-refractivity contribution in [2.75, 3.05) is 7.11 Å². The van der Waals surface area contributed by atoms with Crippen LogP contribution in [-0.2, 0) is 4.74 Å². The van der Waals surface area contributed by atoms with E-state index in [0.29, 0.717) is 11.3 Å². The van der Waals surface area contributed by atoms with Crippen LogP contribution >= 0.6 is 0 Å². The van der Waals surface area contributed by atoms with Gasteiger partial charge in [-0.05, 0) is 31.0 Å². The maximum Gasteiger partial charge on any atom is 0.337 e. The fraction of sp³-hybridized carbons (Fsp3) is 0.333. The maximum atomic E-state index is 11.4. The predicted molar refractivity (Wildman–Crippen MR) is 59.9 cm³/mol. The van der Waals surface area contributed by atoms with Crippen LogP contribution in [0.25, 0.3) is 0 Å². The molecule has 2 N–H and O–H groups in total. The van der Waals surface area contributed by atoms with Gasteiger partial charge < -0.3 is 15.2 Å². The van der Waals surface area contributed by atoms with Crippen molar-refractivity contribution in [1.29, 1.82) is 0 Å². The standard InChI is InChI=1S/C12H13NO4/c1-16-12(15)7-2-5-9(11(13)14)10(6-7)17-8-3-4-8/h2,5-6,8H,3-4H2,1H3,(H2,13,14). The highest BCUT2D eigenvalue weighted by Crippen LogP contribution is 2.30. The van der Waals surface area contributed by atoms with Crippen molar-refractivity contribution in [2.24, 2.45) is 5.73 Å². The highest BCUT2D eigenvalue weighted by Gasteiger charge is 2.26. The molecule has 1 saturated carbocycles. The summed E-state index contributed by atoms with van der Waals surface area (Å²) in [5, 5.41) is 0. The highest BCUT2D eigenvalue weighted by molar-refractivity contribution is 5.98. The lowest BCUT2D eigenvalue weighted by atomic mass is 10.1. The predicted octanol–water partition coefficient (Wildman–Crippen LogP) is 1.11. The number of benzene rings is 1. The number of carbonyl (C=O) groups excluding carboxylic acids is 2. The fourth-order valence-corrected chi connectivity index (χ4v) is 1.43. The number of nitrogens with two attached hydrogens (primary N) is 1. The van der Waals surface area contributed by atoms with Crippen LogP contribution in [0.5, 0.6) is 5.75 Å². The van der Waals surface area contributed by atoms with E-state index in [4.69, 9.17) is 10.5 Å². The third-order valence-corrected chi connectivity index (χ3v) is 2.49. The largest absolute Gasteiger partial charge is 0.490 e. The van der Waals surface area contributed by atoms with Gasteiger partial charge in [0.2, 0.25) is 0 Å². The first kappa shape index (κ1) is 11.4. The molecular weight excluding hydrogens is 222 g/mol. The molecule has 5 heteroatoms. The van der Waals surface area contributed by atoms with E-state index in [9.17, 15) is 9.59 Å². The van der Waals surface area contributed by atoms with E-state index >= 15 is 0 Å². The maximum absolute atomic E-state index is 11.4. The quantitative estimate of drug-likeness (QED) is 0.793. The zero-order chi connectivity index (χ0) is 12.4. The van der Waals surface area contributed by atoms with E-state index in [1.807, 2.05) is 0 Å². The summed E-state index contributed by atoms with van der Waals surface area (Å²) in [7, 11) is 1.30. The Balaban J connectivity index is 2.34. The van der Waals surface area contributed by atoms with Crippen molar-refractivity contribution in [3.05, 3.63) is 29.3 Å². The lowest BCUT2D eigenvalue weighted by Gasteiger charge is -2.10. The Labute approximate surface area is 98.5 Å². The molecule has 0 radical (unpaired) electrons. The second kappa shape index (κ2) is 4.45. The van der Waals surface area contributed by atoms with Crippen LogP contribution in [-0.4, -0.2) is 25.1 Å². The number of methoxy groups -OCH3 is 1. The molecule has 2 rings (SSSR count). The van der Waals surface area contributed by atoms with Gasteiger partial charge in [0.25, 0.3) is 5.91 Å². The number of ether oxygens (including phenoxy) is 2. The van der Waals surface area contributed by atoms with Crippen molar-refractivity contribution >= 4 is 11.9 Å². The number of hydrogen-bond donors (Lipinski definition) is 1. The third-order valence-electron chi connectivity index (χ3n) is 2.49. The van der Waals surface area contributed by atoms with Crippen molar-refractivity contribution < 1.29 is 19.1 Å². The van der Waals surface area contributed by atoms with Crippen molar-refractivity contribution in [1.82, 2.24) is 0 Å². The molecule has 0 heterocycles. The summed E-state index contributed by atoms with van der Waals surface area (Å²) in [6, 6.07) is 4.46. The van der Waals surface area contributed by atoms with Crippen LogP contribution in [0.1, 0.15) is 33.6 Å². The Morgan fingerprint density at radius 3 is 2.59 bits per heavy atom. The molecule has 0 saturated heterocycles. The van der Waals surface area contributed by atoms with Gasteiger partial charge in [0.05, 0.1) is 24.3 Å². The van der Waals surface area contributed by atoms with Gasteiger partial charge in [-0.3, -0.25) is 4.79 Å². The Hall–Kier alpha value is -2.04. The van der Waals surface area contributed by atoms with E-state index < -0.39 is 11.9 Å². The van der Waals surface area contributed by atoms with Gasteiger partial charge in [-0.15, -0.1) is 0 Å². The van der Waals surface area contributed by atoms with Gasteiger partial charge in [-0.25, -0.2) is 4.79 Å². The zero-order valence-electron chi connectivity index (χ0n) is 9.43. The van der Waals surface area contributed by atoms with E-state index in [-0.39, 0.29) is 11.7 Å². The van der Waals surface area contributed by atoms with Crippen LogP contribution in [0.3, 0.4) is 0 Å². The monoisotopic (exact) mass is 235 g/mol. The molecule has 0 bridgehead atoms. The van der Waals surface area contributed by atoms with Gasteiger partial charge in [-0.1, -0.05) is 0 Å². The molecule has 1 amide bonds. The molecule has 17 heavy (non-hydrogen) atoms. The third kappa shape index (κ3) is 2.55. The molecule has 0 aromatic heterocycles. The molecule has 90 valence electrons. The van der Waals surface area contributed by atoms with E-state index in [1.165, 1.54) is 25.3 Å². The Bertz CT molecular complexity index is 466. The first-order chi connectivity index (χ1) is 8.11. The zero-order valence-corrected chi connectivity index (χ0v) is 9.43. The first-order valence-corrected chi connectivity index (χ1v) is 5.30. The molecule has 0 aliphatic heterocycles. The van der Waals surface area contributed by atoms with E-state index in [0.717, 1.165) is 12.8 Å². The minimum Gasteiger partial charge on any atom is -0.490 e. The summed E-state index contributed by atoms with van der Waals surface area (Å²) < 4.78 is 10.1. The number of primary amides is 1. The normalized spacial score (nSPS) is 14.2. The van der Waals surface area contributed by atoms with Crippen LogP contribution in [0.15, 0.2) is 18.2 Å². The minimum absolute atomic E-state index is 0.126. The second-order valence-corrected chi connectivity index (χ2v) is 3.88. The van der Waals surface area contributed by atoms with Crippen molar-refractivity contribution in [2.45, 2.75) is 18.9 Å². The molecule has 1 aromatic carbocycles. The first-order valence-electron chi connectivity index (χ1n) is 5.30. The van der Waals surface area contributed by atoms with Gasteiger partial charge in [0, 0.05) is 0 Å². The molecule has 1 aliphatic rings. The molecule has 1 aromatic rings. The van der Waals surface area contributed by atoms with Gasteiger partial charge in [-0.2, -0.15) is 0 Å². The average molecular weight is 235 g/mol. The SMILES string of the molecule is COC(=O)c1ccc(C(N)=O)c(OC2CC2)c1. The average Bonchev–Trinajstić information content (AvgIpc) is 3.11. The smallest absolute Gasteiger partial charge is 0.337 e. The molecule has 0 atom stereocenters. The Morgan fingerprint density at radius 1 is 1.35 bits per heavy atom. The minimum atomic E-state index is -0.572. The summed E-state index contributed by atoms with van der Waals surface area (Å²) >= 11 is 0. The Morgan fingerprint density at radius 2 is 2.06 bits per heavy atom.